The van der Waals surface area contributed by atoms with Crippen molar-refractivity contribution in [3.05, 3.63) is 64.7 Å². The lowest BCUT2D eigenvalue weighted by molar-refractivity contribution is -0.218. The lowest BCUT2D eigenvalue weighted by Gasteiger charge is -2.44. The molecule has 2 aliphatic rings. The van der Waals surface area contributed by atoms with Crippen LogP contribution in [0.3, 0.4) is 0 Å². The molecular weight excluding hydrogens is 392 g/mol. The van der Waals surface area contributed by atoms with Gasteiger partial charge in [-0.05, 0) is 43.9 Å². The van der Waals surface area contributed by atoms with Gasteiger partial charge >= 0.3 is 0 Å². The summed E-state index contributed by atoms with van der Waals surface area (Å²) in [5, 5.41) is 8.61. The number of hydrogen-bond donors (Lipinski definition) is 0. The molecule has 1 fully saturated rings. The monoisotopic (exact) mass is 414 g/mol. The van der Waals surface area contributed by atoms with Crippen molar-refractivity contribution < 1.29 is 14.3 Å². The number of halogens is 1. The van der Waals surface area contributed by atoms with Crippen molar-refractivity contribution in [1.82, 2.24) is 15.0 Å². The van der Waals surface area contributed by atoms with Gasteiger partial charge in [-0.2, -0.15) is 10.1 Å². The smallest absolute Gasteiger partial charge is 0.260 e. The first-order valence-corrected chi connectivity index (χ1v) is 9.84. The highest BCUT2D eigenvalue weighted by Gasteiger charge is 2.42. The molecule has 2 heterocycles. The van der Waals surface area contributed by atoms with Crippen LogP contribution in [0.5, 0.6) is 5.75 Å². The van der Waals surface area contributed by atoms with Crippen LogP contribution in [-0.2, 0) is 16.1 Å². The molecule has 0 amide bonds. The summed E-state index contributed by atoms with van der Waals surface area (Å²) in [5.41, 5.74) is 1.86. The maximum atomic E-state index is 11.5. The predicted molar refractivity (Wildman–Crippen MR) is 110 cm³/mol. The van der Waals surface area contributed by atoms with E-state index in [1.807, 2.05) is 67.6 Å². The third-order valence-corrected chi connectivity index (χ3v) is 5.13. The molecule has 2 unspecified atom stereocenters. The van der Waals surface area contributed by atoms with E-state index in [0.717, 1.165) is 36.9 Å². The van der Waals surface area contributed by atoms with Gasteiger partial charge in [0.05, 0.1) is 0 Å². The molecule has 0 bridgehead atoms. The van der Waals surface area contributed by atoms with Crippen LogP contribution >= 0.6 is 11.6 Å². The van der Waals surface area contributed by atoms with Gasteiger partial charge in [-0.1, -0.05) is 35.9 Å². The first-order chi connectivity index (χ1) is 14.0. The van der Waals surface area contributed by atoms with Gasteiger partial charge in [0.2, 0.25) is 5.90 Å². The van der Waals surface area contributed by atoms with Crippen LogP contribution in [0.2, 0.25) is 5.02 Å². The number of benzene rings is 2. The Morgan fingerprint density at radius 2 is 2.07 bits per heavy atom. The Labute approximate surface area is 175 Å². The Balaban J connectivity index is 1.47. The van der Waals surface area contributed by atoms with E-state index in [9.17, 15) is 4.79 Å². The molecule has 0 N–H and O–H groups in total. The number of hydrazone groups is 1. The van der Waals surface area contributed by atoms with Gasteiger partial charge in [-0.25, -0.2) is 0 Å². The summed E-state index contributed by atoms with van der Waals surface area (Å²) >= 11 is 6.40. The first kappa shape index (κ1) is 19.7. The standard InChI is InChI=1S/C21H23ClN4O3/c1-24(2)13-16-8-9-17(12-18(16)22)28-19-10-11-25(19)26-20(14-27)29-21(23-26)15-6-4-3-5-7-15/h3-9,12,14,19-20H,10-11,13H2,1-2H3. The van der Waals surface area contributed by atoms with Gasteiger partial charge in [0.15, 0.2) is 12.5 Å². The molecule has 1 saturated heterocycles. The minimum absolute atomic E-state index is 0.240. The van der Waals surface area contributed by atoms with Crippen LogP contribution in [0, 0.1) is 0 Å². The molecule has 2 aliphatic heterocycles. The Morgan fingerprint density at radius 3 is 2.69 bits per heavy atom. The normalized spacial score (nSPS) is 21.5. The summed E-state index contributed by atoms with van der Waals surface area (Å²) in [6.45, 7) is 1.48. The summed E-state index contributed by atoms with van der Waals surface area (Å²) in [7, 11) is 4.00. The summed E-state index contributed by atoms with van der Waals surface area (Å²) in [5.74, 6) is 1.10. The second-order valence-corrected chi connectivity index (χ2v) is 7.66. The van der Waals surface area contributed by atoms with Crippen LogP contribution in [-0.4, -0.2) is 60.3 Å². The number of nitrogens with zero attached hydrogens (tertiary/aromatic N) is 4. The first-order valence-electron chi connectivity index (χ1n) is 9.47. The predicted octanol–water partition coefficient (Wildman–Crippen LogP) is 2.95. The minimum atomic E-state index is -0.803. The Bertz CT molecular complexity index is 906. The van der Waals surface area contributed by atoms with Crippen LogP contribution in [0.1, 0.15) is 17.5 Å². The van der Waals surface area contributed by atoms with Crippen LogP contribution in [0.4, 0.5) is 0 Å². The average Bonchev–Trinajstić information content (AvgIpc) is 3.11. The number of carbonyl (C=O) groups excluding carboxylic acids is 1. The highest BCUT2D eigenvalue weighted by atomic mass is 35.5. The fourth-order valence-corrected chi connectivity index (χ4v) is 3.49. The summed E-state index contributed by atoms with van der Waals surface area (Å²) < 4.78 is 11.8. The van der Waals surface area contributed by atoms with Gasteiger partial charge < -0.3 is 14.4 Å². The molecule has 2 aromatic carbocycles. The quantitative estimate of drug-likeness (QED) is 0.649. The van der Waals surface area contributed by atoms with Crippen molar-refractivity contribution in [3.63, 3.8) is 0 Å². The SMILES string of the molecule is CN(C)Cc1ccc(OC2CCN2N2N=C(c3ccccc3)OC2C=O)cc1Cl. The van der Waals surface area contributed by atoms with Crippen molar-refractivity contribution in [1.29, 1.82) is 0 Å². The number of rotatable bonds is 7. The highest BCUT2D eigenvalue weighted by Crippen LogP contribution is 2.30. The maximum Gasteiger partial charge on any atom is 0.260 e. The van der Waals surface area contributed by atoms with Gasteiger partial charge in [0.25, 0.3) is 6.23 Å². The van der Waals surface area contributed by atoms with Gasteiger partial charge in [0.1, 0.15) is 5.75 Å². The number of hydrazine groups is 1. The molecular formula is C21H23ClN4O3. The second-order valence-electron chi connectivity index (χ2n) is 7.25. The molecule has 2 atom stereocenters. The van der Waals surface area contributed by atoms with Crippen molar-refractivity contribution in [3.8, 4) is 5.75 Å². The third-order valence-electron chi connectivity index (χ3n) is 4.77. The van der Waals surface area contributed by atoms with E-state index >= 15 is 0 Å². The summed E-state index contributed by atoms with van der Waals surface area (Å²) in [6.07, 6.45) is 0.509. The van der Waals surface area contributed by atoms with Gasteiger partial charge in [0, 0.05) is 30.1 Å². The molecule has 7 nitrogen and oxygen atoms in total. The average molecular weight is 415 g/mol. The van der Waals surface area contributed by atoms with E-state index in [2.05, 4.69) is 10.0 Å². The van der Waals surface area contributed by atoms with Gasteiger partial charge in [-0.3, -0.25) is 4.79 Å². The van der Waals surface area contributed by atoms with E-state index in [4.69, 9.17) is 21.1 Å². The maximum absolute atomic E-state index is 11.5. The minimum Gasteiger partial charge on any atom is -0.473 e. The lowest BCUT2D eigenvalue weighted by atomic mass is 10.2. The molecule has 29 heavy (non-hydrogen) atoms. The molecule has 8 heteroatoms. The van der Waals surface area contributed by atoms with Gasteiger partial charge in [-0.15, -0.1) is 5.10 Å². The van der Waals surface area contributed by atoms with Crippen LogP contribution in [0.25, 0.3) is 0 Å². The molecule has 4 rings (SSSR count). The summed E-state index contributed by atoms with van der Waals surface area (Å²) in [6, 6.07) is 15.2. The number of ether oxygens (including phenoxy) is 2. The van der Waals surface area contributed by atoms with Crippen molar-refractivity contribution in [2.75, 3.05) is 20.6 Å². The fourth-order valence-electron chi connectivity index (χ4n) is 3.26. The second kappa shape index (κ2) is 8.41. The molecule has 0 spiro atoms. The van der Waals surface area contributed by atoms with E-state index < -0.39 is 6.23 Å². The van der Waals surface area contributed by atoms with E-state index in [1.54, 1.807) is 5.12 Å². The molecule has 0 saturated carbocycles. The fraction of sp³-hybridized carbons (Fsp3) is 0.333. The highest BCUT2D eigenvalue weighted by molar-refractivity contribution is 6.31. The zero-order chi connectivity index (χ0) is 20.4. The molecule has 0 aromatic heterocycles. The molecule has 2 aromatic rings. The number of aldehydes is 1. The van der Waals surface area contributed by atoms with E-state index in [1.165, 1.54) is 0 Å². The largest absolute Gasteiger partial charge is 0.473 e. The van der Waals surface area contributed by atoms with Crippen molar-refractivity contribution in [2.45, 2.75) is 25.4 Å². The van der Waals surface area contributed by atoms with Crippen molar-refractivity contribution >= 4 is 23.8 Å². The lowest BCUT2D eigenvalue weighted by Crippen LogP contribution is -2.60. The molecule has 0 radical (unpaired) electrons. The molecule has 0 aliphatic carbocycles. The van der Waals surface area contributed by atoms with E-state index in [-0.39, 0.29) is 6.23 Å². The Kier molecular flexibility index (Phi) is 5.71. The van der Waals surface area contributed by atoms with Crippen molar-refractivity contribution in [2.24, 2.45) is 5.10 Å². The topological polar surface area (TPSA) is 57.6 Å². The van der Waals surface area contributed by atoms with Crippen LogP contribution < -0.4 is 4.74 Å². The van der Waals surface area contributed by atoms with E-state index in [0.29, 0.717) is 16.7 Å². The zero-order valence-corrected chi connectivity index (χ0v) is 17.1. The van der Waals surface area contributed by atoms with Crippen LogP contribution in [0.15, 0.2) is 53.6 Å². The third kappa shape index (κ3) is 4.22. The Morgan fingerprint density at radius 1 is 1.28 bits per heavy atom. The molecule has 152 valence electrons. The Hall–Kier alpha value is -2.61. The number of hydrogen-bond acceptors (Lipinski definition) is 7. The zero-order valence-electron chi connectivity index (χ0n) is 16.4. The number of carbonyl (C=O) groups is 1. The summed E-state index contributed by atoms with van der Waals surface area (Å²) in [4.78, 5) is 13.6.